The van der Waals surface area contributed by atoms with Crippen molar-refractivity contribution in [3.8, 4) is 0 Å². The molecule has 0 fully saturated rings. The van der Waals surface area contributed by atoms with Crippen LogP contribution in [0.15, 0.2) is 59.4 Å². The van der Waals surface area contributed by atoms with Gasteiger partial charge in [0.2, 0.25) is 0 Å². The molecule has 1 aliphatic rings. The molecule has 5 rings (SSSR count). The molecule has 0 atom stereocenters. The molecule has 0 aliphatic carbocycles. The fourth-order valence-corrected chi connectivity index (χ4v) is 4.81. The van der Waals surface area contributed by atoms with Gasteiger partial charge in [-0.2, -0.15) is 4.98 Å². The highest BCUT2D eigenvalue weighted by molar-refractivity contribution is 7.18. The van der Waals surface area contributed by atoms with E-state index in [1.54, 1.807) is 35.6 Å². The third-order valence-corrected chi connectivity index (χ3v) is 6.43. The van der Waals surface area contributed by atoms with Crippen LogP contribution < -0.4 is 5.56 Å². The minimum atomic E-state index is -0.294. The Kier molecular flexibility index (Phi) is 3.98. The Labute approximate surface area is 165 Å². The average molecular weight is 388 g/mol. The summed E-state index contributed by atoms with van der Waals surface area (Å²) in [6.07, 6.45) is 2.68. The molecule has 0 bridgehead atoms. The maximum atomic E-state index is 14.3. The third-order valence-electron chi connectivity index (χ3n) is 5.13. The molecule has 4 aromatic rings. The fourth-order valence-electron chi connectivity index (χ4n) is 3.73. The minimum absolute atomic E-state index is 0.226. The quantitative estimate of drug-likeness (QED) is 0.421. The predicted molar refractivity (Wildman–Crippen MR) is 112 cm³/mol. The molecule has 28 heavy (non-hydrogen) atoms. The van der Waals surface area contributed by atoms with Crippen molar-refractivity contribution in [2.75, 3.05) is 0 Å². The Balaban J connectivity index is 1.85. The van der Waals surface area contributed by atoms with Gasteiger partial charge in [-0.15, -0.1) is 11.3 Å². The van der Waals surface area contributed by atoms with Gasteiger partial charge < -0.3 is 4.57 Å². The first-order valence-electron chi connectivity index (χ1n) is 9.24. The summed E-state index contributed by atoms with van der Waals surface area (Å²) in [5.74, 6) is 0.307. The van der Waals surface area contributed by atoms with Crippen molar-refractivity contribution >= 4 is 33.2 Å². The first-order chi connectivity index (χ1) is 13.7. The van der Waals surface area contributed by atoms with Gasteiger partial charge in [0.05, 0.1) is 11.9 Å². The maximum absolute atomic E-state index is 14.3. The lowest BCUT2D eigenvalue weighted by atomic mass is 9.93. The van der Waals surface area contributed by atoms with Gasteiger partial charge in [-0.3, -0.25) is 4.79 Å². The van der Waals surface area contributed by atoms with E-state index in [9.17, 15) is 9.18 Å². The van der Waals surface area contributed by atoms with Crippen LogP contribution in [0.25, 0.3) is 21.9 Å². The number of rotatable bonds is 2. The summed E-state index contributed by atoms with van der Waals surface area (Å²) in [5, 5.41) is 0.662. The SMILES string of the molecule is CCc1cc2c(=O)nc3n(c2s1)Cc1ccccc1C3=Cc1ccccc1F. The Morgan fingerprint density at radius 2 is 1.96 bits per heavy atom. The zero-order valence-electron chi connectivity index (χ0n) is 15.3. The van der Waals surface area contributed by atoms with Crippen molar-refractivity contribution in [2.45, 2.75) is 19.9 Å². The summed E-state index contributed by atoms with van der Waals surface area (Å²) < 4.78 is 16.4. The molecule has 0 N–H and O–H groups in total. The van der Waals surface area contributed by atoms with Crippen LogP contribution in [0.2, 0.25) is 0 Å². The Hall–Kier alpha value is -3.05. The van der Waals surface area contributed by atoms with Crippen molar-refractivity contribution < 1.29 is 4.39 Å². The molecule has 138 valence electrons. The van der Waals surface area contributed by atoms with Gasteiger partial charge >= 0.3 is 0 Å². The minimum Gasteiger partial charge on any atom is -0.312 e. The molecule has 0 saturated heterocycles. The van der Waals surface area contributed by atoms with Crippen LogP contribution in [0.3, 0.4) is 0 Å². The lowest BCUT2D eigenvalue weighted by Gasteiger charge is -2.24. The van der Waals surface area contributed by atoms with Crippen molar-refractivity contribution in [1.29, 1.82) is 0 Å². The van der Waals surface area contributed by atoms with Crippen LogP contribution in [0.5, 0.6) is 0 Å². The molecular weight excluding hydrogens is 371 g/mol. The van der Waals surface area contributed by atoms with E-state index in [-0.39, 0.29) is 11.4 Å². The smallest absolute Gasteiger partial charge is 0.281 e. The summed E-state index contributed by atoms with van der Waals surface area (Å²) in [5.41, 5.74) is 3.16. The largest absolute Gasteiger partial charge is 0.312 e. The van der Waals surface area contributed by atoms with Gasteiger partial charge in [0, 0.05) is 16.0 Å². The van der Waals surface area contributed by atoms with Crippen molar-refractivity contribution in [2.24, 2.45) is 0 Å². The topological polar surface area (TPSA) is 34.9 Å². The zero-order valence-corrected chi connectivity index (χ0v) is 16.1. The second-order valence-corrected chi connectivity index (χ2v) is 7.96. The van der Waals surface area contributed by atoms with Crippen LogP contribution in [0, 0.1) is 5.82 Å². The predicted octanol–water partition coefficient (Wildman–Crippen LogP) is 5.11. The summed E-state index contributed by atoms with van der Waals surface area (Å²) in [7, 11) is 0. The number of hydrogen-bond acceptors (Lipinski definition) is 3. The molecule has 1 aliphatic heterocycles. The van der Waals surface area contributed by atoms with E-state index in [0.717, 1.165) is 32.8 Å². The van der Waals surface area contributed by atoms with E-state index in [0.29, 0.717) is 23.3 Å². The standard InChI is InChI=1S/C23H17FN2OS/c1-2-16-12-19-22(27)25-21-18(11-14-7-4-6-10-20(14)24)17-9-5-3-8-15(17)13-26(21)23(19)28-16/h3-12H,2,13H2,1H3. The molecule has 0 amide bonds. The second-order valence-electron chi connectivity index (χ2n) is 6.85. The second kappa shape index (κ2) is 6.53. The number of thiophene rings is 1. The van der Waals surface area contributed by atoms with Crippen molar-refractivity contribution in [3.05, 3.63) is 98.2 Å². The van der Waals surface area contributed by atoms with Crippen LogP contribution in [-0.2, 0) is 13.0 Å². The van der Waals surface area contributed by atoms with E-state index in [1.807, 2.05) is 24.3 Å². The number of hydrogen-bond donors (Lipinski definition) is 0. The maximum Gasteiger partial charge on any atom is 0.281 e. The van der Waals surface area contributed by atoms with Crippen LogP contribution in [0.4, 0.5) is 4.39 Å². The molecule has 3 heterocycles. The van der Waals surface area contributed by atoms with Crippen LogP contribution in [-0.4, -0.2) is 9.55 Å². The van der Waals surface area contributed by atoms with Gasteiger partial charge in [0.15, 0.2) is 0 Å². The molecule has 0 unspecified atom stereocenters. The molecule has 0 saturated carbocycles. The molecular formula is C23H17FN2OS. The molecule has 2 aromatic carbocycles. The van der Waals surface area contributed by atoms with Crippen molar-refractivity contribution in [1.82, 2.24) is 9.55 Å². The lowest BCUT2D eigenvalue weighted by molar-refractivity contribution is 0.625. The summed E-state index contributed by atoms with van der Waals surface area (Å²) >= 11 is 1.63. The van der Waals surface area contributed by atoms with E-state index < -0.39 is 0 Å². The normalized spacial score (nSPS) is 14.3. The highest BCUT2D eigenvalue weighted by Gasteiger charge is 2.24. The van der Waals surface area contributed by atoms with Gasteiger partial charge in [-0.1, -0.05) is 49.4 Å². The summed E-state index contributed by atoms with van der Waals surface area (Å²) in [6.45, 7) is 2.73. The Morgan fingerprint density at radius 1 is 1.18 bits per heavy atom. The molecule has 0 radical (unpaired) electrons. The van der Waals surface area contributed by atoms with Gasteiger partial charge in [-0.25, -0.2) is 4.39 Å². The number of benzene rings is 2. The zero-order chi connectivity index (χ0) is 19.3. The van der Waals surface area contributed by atoms with E-state index in [1.165, 1.54) is 6.07 Å². The molecule has 0 spiro atoms. The molecule has 2 aromatic heterocycles. The van der Waals surface area contributed by atoms with E-state index in [4.69, 9.17) is 0 Å². The first-order valence-corrected chi connectivity index (χ1v) is 10.1. The third kappa shape index (κ3) is 2.62. The van der Waals surface area contributed by atoms with Crippen LogP contribution in [0.1, 0.15) is 34.3 Å². The van der Waals surface area contributed by atoms with E-state index >= 15 is 0 Å². The first kappa shape index (κ1) is 17.1. The number of aromatic nitrogens is 2. The monoisotopic (exact) mass is 388 g/mol. The van der Waals surface area contributed by atoms with Gasteiger partial charge in [0.25, 0.3) is 5.56 Å². The van der Waals surface area contributed by atoms with Gasteiger partial charge in [0.1, 0.15) is 16.5 Å². The Morgan fingerprint density at radius 3 is 2.79 bits per heavy atom. The van der Waals surface area contributed by atoms with E-state index in [2.05, 4.69) is 22.5 Å². The van der Waals surface area contributed by atoms with Gasteiger partial charge in [-0.05, 0) is 35.8 Å². The number of nitrogens with zero attached hydrogens (tertiary/aromatic N) is 2. The highest BCUT2D eigenvalue weighted by Crippen LogP contribution is 2.36. The fraction of sp³-hybridized carbons (Fsp3) is 0.130. The lowest BCUT2D eigenvalue weighted by Crippen LogP contribution is -2.22. The molecule has 5 heteroatoms. The van der Waals surface area contributed by atoms with Crippen molar-refractivity contribution in [3.63, 3.8) is 0 Å². The highest BCUT2D eigenvalue weighted by atomic mass is 32.1. The summed E-state index contributed by atoms with van der Waals surface area (Å²) in [6, 6.07) is 16.6. The number of halogens is 1. The number of fused-ring (bicyclic) bond motifs is 4. The number of aryl methyl sites for hydroxylation is 1. The average Bonchev–Trinajstić information content (AvgIpc) is 3.16. The molecule has 3 nitrogen and oxygen atoms in total. The van der Waals surface area contributed by atoms with Crippen LogP contribution >= 0.6 is 11.3 Å². The Bertz CT molecular complexity index is 1320. The summed E-state index contributed by atoms with van der Waals surface area (Å²) in [4.78, 5) is 19.2.